The van der Waals surface area contributed by atoms with E-state index in [1.807, 2.05) is 20.8 Å². The zero-order valence-electron chi connectivity index (χ0n) is 44.0. The predicted molar refractivity (Wildman–Crippen MR) is 260 cm³/mol. The number of Topliss-reactive ketones (excluding diaryl/α,β-unsaturated/α-hetero) is 3. The molecule has 2 aliphatic heterocycles. The van der Waals surface area contributed by atoms with Gasteiger partial charge in [0.25, 0.3) is 0 Å². The lowest BCUT2D eigenvalue weighted by Crippen LogP contribution is -2.65. The second-order valence-corrected chi connectivity index (χ2v) is 25.8. The van der Waals surface area contributed by atoms with Crippen LogP contribution in [0.4, 0.5) is 4.79 Å². The van der Waals surface area contributed by atoms with Crippen molar-refractivity contribution in [2.75, 3.05) is 26.2 Å². The Morgan fingerprint density at radius 2 is 1.00 bits per heavy atom. The minimum absolute atomic E-state index is 0.0514. The van der Waals surface area contributed by atoms with E-state index < -0.39 is 21.9 Å². The molecule has 2 heterocycles. The summed E-state index contributed by atoms with van der Waals surface area (Å²) in [6, 6.07) is 0. The number of amides is 1. The zero-order valence-corrected chi connectivity index (χ0v) is 44.0. The van der Waals surface area contributed by atoms with E-state index in [1.54, 1.807) is 4.90 Å². The van der Waals surface area contributed by atoms with Gasteiger partial charge in [-0.3, -0.25) is 19.3 Å². The van der Waals surface area contributed by atoms with E-state index in [2.05, 4.69) is 119 Å². The number of carbonyl (C=O) groups excluding carboxylic acids is 4. The molecule has 0 radical (unpaired) electrons. The van der Waals surface area contributed by atoms with Crippen molar-refractivity contribution in [3.8, 4) is 0 Å². The third-order valence-corrected chi connectivity index (χ3v) is 13.2. The number of piperidine rings is 1. The van der Waals surface area contributed by atoms with E-state index in [0.717, 1.165) is 109 Å². The summed E-state index contributed by atoms with van der Waals surface area (Å²) in [4.78, 5) is 59.3. The molecule has 1 unspecified atom stereocenters. The quantitative estimate of drug-likeness (QED) is 0.104. The molecule has 9 nitrogen and oxygen atoms in total. The summed E-state index contributed by atoms with van der Waals surface area (Å²) in [5, 5.41) is 7.51. The molecule has 2 atom stereocenters. The largest absolute Gasteiger partial charge is 0.449 e. The molecule has 0 aromatic heterocycles. The molecule has 0 aromatic carbocycles. The van der Waals surface area contributed by atoms with Crippen LogP contribution in [0.25, 0.3) is 0 Å². The molecular weight excluding hydrogens is 773 g/mol. The van der Waals surface area contributed by atoms with E-state index in [0.29, 0.717) is 44.1 Å². The molecular formula is C53H100N4O5. The number of rotatable bonds is 22. The maximum Gasteiger partial charge on any atom is 0.409 e. The first-order valence-corrected chi connectivity index (χ1v) is 25.1. The van der Waals surface area contributed by atoms with Gasteiger partial charge in [-0.1, -0.05) is 127 Å². The summed E-state index contributed by atoms with van der Waals surface area (Å²) >= 11 is 0. The summed E-state index contributed by atoms with van der Waals surface area (Å²) in [6.45, 7) is 40.4. The van der Waals surface area contributed by atoms with Crippen LogP contribution < -0.4 is 10.6 Å². The van der Waals surface area contributed by atoms with E-state index in [-0.39, 0.29) is 39.4 Å². The van der Waals surface area contributed by atoms with Crippen LogP contribution in [-0.2, 0) is 19.1 Å². The van der Waals surface area contributed by atoms with Crippen LogP contribution >= 0.6 is 0 Å². The average Bonchev–Trinajstić information content (AvgIpc) is 3.56. The first-order valence-electron chi connectivity index (χ1n) is 25.1. The zero-order chi connectivity index (χ0) is 47.6. The lowest BCUT2D eigenvalue weighted by Gasteiger charge is -2.48. The Morgan fingerprint density at radius 3 is 1.44 bits per heavy atom. The van der Waals surface area contributed by atoms with Crippen LogP contribution in [0.3, 0.4) is 0 Å². The number of carbonyl (C=O) groups is 4. The lowest BCUT2D eigenvalue weighted by atomic mass is 9.71. The van der Waals surface area contributed by atoms with Gasteiger partial charge in [-0.05, 0) is 120 Å². The van der Waals surface area contributed by atoms with Crippen molar-refractivity contribution in [1.82, 2.24) is 20.4 Å². The Labute approximate surface area is 382 Å². The highest BCUT2D eigenvalue weighted by Gasteiger charge is 2.53. The Morgan fingerprint density at radius 1 is 0.532 bits per heavy atom. The molecule has 0 spiro atoms. The monoisotopic (exact) mass is 873 g/mol. The molecule has 362 valence electrons. The smallest absolute Gasteiger partial charge is 0.409 e. The van der Waals surface area contributed by atoms with Crippen molar-refractivity contribution in [2.24, 2.45) is 16.2 Å². The van der Waals surface area contributed by atoms with Gasteiger partial charge in [0.15, 0.2) is 17.3 Å². The highest BCUT2D eigenvalue weighted by atomic mass is 16.6. The van der Waals surface area contributed by atoms with E-state index in [1.165, 1.54) is 0 Å². The fraction of sp³-hybridized carbons (Fsp3) is 0.925. The van der Waals surface area contributed by atoms with Crippen LogP contribution in [0.1, 0.15) is 240 Å². The van der Waals surface area contributed by atoms with Gasteiger partial charge < -0.3 is 20.3 Å². The van der Waals surface area contributed by atoms with Crippen LogP contribution in [0.5, 0.6) is 0 Å². The molecule has 1 amide bonds. The van der Waals surface area contributed by atoms with E-state index in [9.17, 15) is 19.2 Å². The van der Waals surface area contributed by atoms with Crippen LogP contribution in [0.15, 0.2) is 0 Å². The Hall–Kier alpha value is -1.84. The number of hydrogen-bond donors (Lipinski definition) is 2. The standard InChI is InChI=1S/C53H100N4O5/c1-45(2,3)41(58)51(54-48(10,11)12,32-27-23-24-28-33-53(43(60)47(7,8)9)34-30-37-57(53)50(16,17)18)31-26-22-20-19-21-25-29-40-62-44(61)56-38-35-52(36-39-56,55-49(13,14)15)42(59)46(4,5)6/h54-55H,19-40H2,1-18H3/t51?,53-/m0/s1. The minimum atomic E-state index is -0.635. The van der Waals surface area contributed by atoms with Crippen molar-refractivity contribution in [3.05, 3.63) is 0 Å². The molecule has 0 bridgehead atoms. The summed E-state index contributed by atoms with van der Waals surface area (Å²) in [7, 11) is 0. The maximum atomic E-state index is 14.4. The second kappa shape index (κ2) is 22.1. The maximum absolute atomic E-state index is 14.4. The van der Waals surface area contributed by atoms with Crippen molar-refractivity contribution in [3.63, 3.8) is 0 Å². The first-order chi connectivity index (χ1) is 28.1. The van der Waals surface area contributed by atoms with Gasteiger partial charge in [0, 0.05) is 46.0 Å². The van der Waals surface area contributed by atoms with E-state index >= 15 is 0 Å². The number of likely N-dealkylation sites (tertiary alicyclic amines) is 2. The van der Waals surface area contributed by atoms with E-state index in [4.69, 9.17) is 4.74 Å². The van der Waals surface area contributed by atoms with Crippen molar-refractivity contribution >= 4 is 23.4 Å². The van der Waals surface area contributed by atoms with Gasteiger partial charge in [0.05, 0.1) is 23.2 Å². The van der Waals surface area contributed by atoms with Gasteiger partial charge in [-0.25, -0.2) is 4.79 Å². The third-order valence-electron chi connectivity index (χ3n) is 13.2. The summed E-state index contributed by atoms with van der Waals surface area (Å²) in [6.07, 6.45) is 17.0. The lowest BCUT2D eigenvalue weighted by molar-refractivity contribution is -0.141. The first kappa shape index (κ1) is 56.3. The van der Waals surface area contributed by atoms with Gasteiger partial charge in [0.2, 0.25) is 0 Å². The SMILES string of the molecule is CC(C)(C)NC(CCCCCCCCCOC(=O)N1CCC(NC(C)(C)C)(C(=O)C(C)(C)C)CC1)(CCCCCC[C@@]1(C(=O)C(C)(C)C)CCCN1C(C)(C)C)C(=O)C(C)(C)C. The molecule has 0 aliphatic carbocycles. The number of unbranched alkanes of at least 4 members (excludes halogenated alkanes) is 9. The Kier molecular flexibility index (Phi) is 20.1. The number of ketones is 3. The summed E-state index contributed by atoms with van der Waals surface area (Å²) in [5.74, 6) is 0.922. The van der Waals surface area contributed by atoms with Crippen molar-refractivity contribution < 1.29 is 23.9 Å². The highest BCUT2D eigenvalue weighted by Crippen LogP contribution is 2.44. The van der Waals surface area contributed by atoms with Crippen LogP contribution in [0, 0.1) is 16.2 Å². The van der Waals surface area contributed by atoms with Crippen LogP contribution in [0.2, 0.25) is 0 Å². The molecule has 2 N–H and O–H groups in total. The number of ether oxygens (including phenoxy) is 1. The van der Waals surface area contributed by atoms with Crippen molar-refractivity contribution in [2.45, 2.75) is 273 Å². The Balaban J connectivity index is 1.88. The van der Waals surface area contributed by atoms with Gasteiger partial charge in [0.1, 0.15) is 0 Å². The Bertz CT molecular complexity index is 1440. The molecule has 2 fully saturated rings. The summed E-state index contributed by atoms with van der Waals surface area (Å²) in [5.41, 5.74) is -3.34. The molecule has 0 aromatic rings. The molecule has 2 aliphatic rings. The van der Waals surface area contributed by atoms with Crippen molar-refractivity contribution in [1.29, 1.82) is 0 Å². The average molecular weight is 873 g/mol. The predicted octanol–water partition coefficient (Wildman–Crippen LogP) is 12.4. The molecule has 2 saturated heterocycles. The topological polar surface area (TPSA) is 108 Å². The minimum Gasteiger partial charge on any atom is -0.449 e. The second-order valence-electron chi connectivity index (χ2n) is 25.8. The number of nitrogens with zero attached hydrogens (tertiary/aromatic N) is 2. The fourth-order valence-electron chi connectivity index (χ4n) is 10.9. The molecule has 0 saturated carbocycles. The van der Waals surface area contributed by atoms with Gasteiger partial charge >= 0.3 is 6.09 Å². The van der Waals surface area contributed by atoms with Gasteiger partial charge in [-0.2, -0.15) is 0 Å². The fourth-order valence-corrected chi connectivity index (χ4v) is 10.9. The highest BCUT2D eigenvalue weighted by molar-refractivity contribution is 5.94. The molecule has 9 heteroatoms. The normalized spacial score (nSPS) is 20.6. The van der Waals surface area contributed by atoms with Gasteiger partial charge in [-0.15, -0.1) is 0 Å². The third kappa shape index (κ3) is 16.9. The number of nitrogens with one attached hydrogen (secondary N) is 2. The van der Waals surface area contributed by atoms with Crippen LogP contribution in [-0.4, -0.2) is 92.7 Å². The number of hydrogen-bond acceptors (Lipinski definition) is 8. The molecule has 62 heavy (non-hydrogen) atoms. The molecule has 2 rings (SSSR count). The summed E-state index contributed by atoms with van der Waals surface area (Å²) < 4.78 is 5.70.